The van der Waals surface area contributed by atoms with E-state index in [1.54, 1.807) is 33.8 Å². The summed E-state index contributed by atoms with van der Waals surface area (Å²) in [5, 5.41) is 14.9. The Hall–Kier alpha value is -4.35. The molecular weight excluding hydrogens is 552 g/mol. The van der Waals surface area contributed by atoms with Gasteiger partial charge in [0.15, 0.2) is 0 Å². The maximum absolute atomic E-state index is 13.6. The highest BCUT2D eigenvalue weighted by atomic mass is 16.5. The van der Waals surface area contributed by atoms with Gasteiger partial charge in [-0.2, -0.15) is 0 Å². The lowest BCUT2D eigenvalue weighted by molar-refractivity contribution is -0.144. The predicted octanol–water partition coefficient (Wildman–Crippen LogP) is 2.06. The molecule has 2 aromatic rings. The summed E-state index contributed by atoms with van der Waals surface area (Å²) in [6, 6.07) is 3.88. The van der Waals surface area contributed by atoms with Crippen LogP contribution in [0, 0.1) is 11.8 Å². The van der Waals surface area contributed by atoms with E-state index in [4.69, 9.17) is 4.74 Å². The molecule has 43 heavy (non-hydrogen) atoms. The van der Waals surface area contributed by atoms with Crippen molar-refractivity contribution in [2.75, 3.05) is 13.7 Å². The molecule has 0 aliphatic carbocycles. The normalized spacial score (nSPS) is 20.2. The molecule has 0 radical (unpaired) electrons. The molecule has 1 aromatic heterocycles. The van der Waals surface area contributed by atoms with Crippen molar-refractivity contribution in [1.29, 1.82) is 0 Å². The van der Waals surface area contributed by atoms with Gasteiger partial charge in [-0.3, -0.25) is 14.4 Å². The molecule has 0 unspecified atom stereocenters. The van der Waals surface area contributed by atoms with E-state index in [2.05, 4.69) is 31.6 Å². The number of fused-ring (bicyclic) bond motifs is 1. The zero-order valence-electron chi connectivity index (χ0n) is 25.5. The number of hydrogen-bond donors (Lipinski definition) is 6. The zero-order valence-corrected chi connectivity index (χ0v) is 25.5. The summed E-state index contributed by atoms with van der Waals surface area (Å²) >= 11 is 0. The third kappa shape index (κ3) is 9.59. The molecule has 0 bridgehead atoms. The number of rotatable bonds is 9. The Morgan fingerprint density at radius 3 is 2.40 bits per heavy atom. The molecule has 6 N–H and O–H groups in total. The Balaban J connectivity index is 1.75. The van der Waals surface area contributed by atoms with E-state index in [-0.39, 0.29) is 23.7 Å². The van der Waals surface area contributed by atoms with Crippen LogP contribution in [0.1, 0.15) is 52.5 Å². The highest BCUT2D eigenvalue weighted by Crippen LogP contribution is 2.20. The van der Waals surface area contributed by atoms with Gasteiger partial charge in [-0.05, 0) is 49.1 Å². The Kier molecular flexibility index (Phi) is 12.2. The molecule has 0 fully saturated rings. The van der Waals surface area contributed by atoms with Gasteiger partial charge in [-0.25, -0.2) is 9.59 Å². The van der Waals surface area contributed by atoms with Crippen LogP contribution in [-0.2, 0) is 30.3 Å². The summed E-state index contributed by atoms with van der Waals surface area (Å²) in [6.45, 7) is 7.52. The number of urea groups is 1. The highest BCUT2D eigenvalue weighted by Gasteiger charge is 2.31. The third-order valence-electron chi connectivity index (χ3n) is 7.42. The van der Waals surface area contributed by atoms with Crippen LogP contribution in [0.25, 0.3) is 10.9 Å². The number of amides is 5. The Labute approximate surface area is 252 Å². The van der Waals surface area contributed by atoms with Crippen molar-refractivity contribution in [1.82, 2.24) is 31.6 Å². The van der Waals surface area contributed by atoms with Crippen LogP contribution in [0.4, 0.5) is 4.79 Å². The van der Waals surface area contributed by atoms with Crippen LogP contribution in [0.2, 0.25) is 0 Å². The largest absolute Gasteiger partial charge is 0.467 e. The quantitative estimate of drug-likeness (QED) is 0.242. The second-order valence-electron chi connectivity index (χ2n) is 11.5. The minimum Gasteiger partial charge on any atom is -0.467 e. The van der Waals surface area contributed by atoms with Crippen molar-refractivity contribution in [3.05, 3.63) is 48.2 Å². The van der Waals surface area contributed by atoms with Crippen LogP contribution in [0.5, 0.6) is 0 Å². The molecule has 12 nitrogen and oxygen atoms in total. The first-order valence-corrected chi connectivity index (χ1v) is 14.8. The van der Waals surface area contributed by atoms with Gasteiger partial charge in [0.05, 0.1) is 13.2 Å². The molecular formula is C31H44N6O6. The smallest absolute Gasteiger partial charge is 0.328 e. The summed E-state index contributed by atoms with van der Waals surface area (Å²) in [5.74, 6) is -2.29. The van der Waals surface area contributed by atoms with E-state index in [1.807, 2.05) is 30.5 Å². The Morgan fingerprint density at radius 2 is 1.70 bits per heavy atom. The van der Waals surface area contributed by atoms with Crippen LogP contribution < -0.4 is 26.6 Å². The van der Waals surface area contributed by atoms with Crippen molar-refractivity contribution in [3.8, 4) is 0 Å². The molecule has 0 spiro atoms. The lowest BCUT2D eigenvalue weighted by atomic mass is 10.0. The van der Waals surface area contributed by atoms with E-state index in [0.717, 1.165) is 16.5 Å². The first kappa shape index (κ1) is 33.2. The summed E-state index contributed by atoms with van der Waals surface area (Å²) in [4.78, 5) is 67.4. The number of ether oxygens (including phenoxy) is 1. The maximum atomic E-state index is 13.6. The number of hydrogen-bond acceptors (Lipinski definition) is 6. The SMILES string of the molecule is COC(=O)[C@@H](NC(=O)N[C@H](C(=O)N[C@H]1CCCCNC(=O)/C=C/[C@H](Cc2c[nH]c3ccccc23)NC1=O)C(C)C)C(C)C. The molecule has 0 saturated heterocycles. The molecule has 234 valence electrons. The van der Waals surface area contributed by atoms with E-state index in [9.17, 15) is 24.0 Å². The van der Waals surface area contributed by atoms with Crippen molar-refractivity contribution in [3.63, 3.8) is 0 Å². The molecule has 5 amide bonds. The van der Waals surface area contributed by atoms with Crippen LogP contribution in [0.15, 0.2) is 42.6 Å². The van der Waals surface area contributed by atoms with Gasteiger partial charge in [0.2, 0.25) is 17.7 Å². The Bertz CT molecular complexity index is 1320. The van der Waals surface area contributed by atoms with Crippen molar-refractivity contribution >= 4 is 40.6 Å². The minimum atomic E-state index is -0.971. The van der Waals surface area contributed by atoms with Gasteiger partial charge < -0.3 is 36.3 Å². The number of esters is 1. The van der Waals surface area contributed by atoms with E-state index >= 15 is 0 Å². The van der Waals surface area contributed by atoms with E-state index in [0.29, 0.717) is 32.2 Å². The fourth-order valence-electron chi connectivity index (χ4n) is 4.95. The predicted molar refractivity (Wildman–Crippen MR) is 163 cm³/mol. The number of H-pyrrole nitrogens is 1. The molecule has 0 saturated carbocycles. The summed E-state index contributed by atoms with van der Waals surface area (Å²) in [5.41, 5.74) is 1.94. The minimum absolute atomic E-state index is 0.236. The third-order valence-corrected chi connectivity index (χ3v) is 7.42. The Morgan fingerprint density at radius 1 is 1.00 bits per heavy atom. The summed E-state index contributed by atoms with van der Waals surface area (Å²) in [6.07, 6.45) is 6.92. The molecule has 1 aliphatic rings. The van der Waals surface area contributed by atoms with Crippen molar-refractivity contribution in [2.45, 2.75) is 77.5 Å². The summed E-state index contributed by atoms with van der Waals surface area (Å²) in [7, 11) is 1.24. The standard InChI is InChI=1S/C31H44N6O6/c1-18(2)26(36-31(42)37-27(19(3)4)30(41)43-5)29(40)35-24-12-8-9-15-32-25(38)14-13-21(34-28(24)39)16-20-17-33-23-11-7-6-10-22(20)23/h6-7,10-11,13-14,17-19,21,24,26-27,33H,8-9,12,15-16H2,1-5H3,(H,32,38)(H,34,39)(H,35,40)(H2,36,37,42)/b14-13+/t21-,24+,26+,27+/m1/s1. The van der Waals surface area contributed by atoms with Gasteiger partial charge >= 0.3 is 12.0 Å². The number of aromatic nitrogens is 1. The maximum Gasteiger partial charge on any atom is 0.328 e. The van der Waals surface area contributed by atoms with Crippen molar-refractivity contribution < 1.29 is 28.7 Å². The monoisotopic (exact) mass is 596 g/mol. The lowest BCUT2D eigenvalue weighted by Gasteiger charge is -2.27. The molecule has 1 aromatic carbocycles. The second-order valence-corrected chi connectivity index (χ2v) is 11.5. The van der Waals surface area contributed by atoms with Gasteiger partial charge in [0, 0.05) is 29.7 Å². The molecule has 12 heteroatoms. The van der Waals surface area contributed by atoms with Gasteiger partial charge in [-0.15, -0.1) is 0 Å². The zero-order chi connectivity index (χ0) is 31.5. The molecule has 2 heterocycles. The first-order chi connectivity index (χ1) is 20.5. The molecule has 3 rings (SSSR count). The highest BCUT2D eigenvalue weighted by molar-refractivity contribution is 5.93. The molecule has 4 atom stereocenters. The number of methoxy groups -OCH3 is 1. The topological polar surface area (TPSA) is 171 Å². The second kappa shape index (κ2) is 15.8. The van der Waals surface area contributed by atoms with Gasteiger partial charge in [0.25, 0.3) is 0 Å². The summed E-state index contributed by atoms with van der Waals surface area (Å²) < 4.78 is 4.78. The average Bonchev–Trinajstić information content (AvgIpc) is 3.37. The van der Waals surface area contributed by atoms with E-state index < -0.39 is 42.1 Å². The average molecular weight is 597 g/mol. The molecule has 1 aliphatic heterocycles. The van der Waals surface area contributed by atoms with Crippen LogP contribution >= 0.6 is 0 Å². The number of aromatic amines is 1. The fourth-order valence-corrected chi connectivity index (χ4v) is 4.95. The van der Waals surface area contributed by atoms with Crippen LogP contribution in [-0.4, -0.2) is 72.5 Å². The number of para-hydroxylation sites is 1. The van der Waals surface area contributed by atoms with Gasteiger partial charge in [0.1, 0.15) is 18.1 Å². The number of carbonyl (C=O) groups is 5. The number of nitrogens with one attached hydrogen (secondary N) is 6. The van der Waals surface area contributed by atoms with Gasteiger partial charge in [-0.1, -0.05) is 52.0 Å². The number of benzene rings is 1. The number of carbonyl (C=O) groups excluding carboxylic acids is 5. The van der Waals surface area contributed by atoms with Crippen molar-refractivity contribution in [2.24, 2.45) is 11.8 Å². The van der Waals surface area contributed by atoms with Crippen LogP contribution in [0.3, 0.4) is 0 Å². The first-order valence-electron chi connectivity index (χ1n) is 14.8. The fraction of sp³-hybridized carbons (Fsp3) is 0.516. The lowest BCUT2D eigenvalue weighted by Crippen LogP contribution is -2.59. The van der Waals surface area contributed by atoms with E-state index in [1.165, 1.54) is 13.2 Å².